The minimum atomic E-state index is 0.739. The Balaban J connectivity index is 1.53. The highest BCUT2D eigenvalue weighted by Gasteiger charge is 2.15. The maximum atomic E-state index is 6.22. The number of hydrogen-bond donors (Lipinski definition) is 0. The van der Waals surface area contributed by atoms with Gasteiger partial charge in [-0.2, -0.15) is 0 Å². The van der Waals surface area contributed by atoms with Gasteiger partial charge in [0.1, 0.15) is 11.2 Å². The zero-order valence-corrected chi connectivity index (χ0v) is 20.2. The highest BCUT2D eigenvalue weighted by molar-refractivity contribution is 6.30. The third-order valence-electron chi connectivity index (χ3n) is 6.97. The Morgan fingerprint density at radius 2 is 1.06 bits per heavy atom. The standard InChI is InChI=1S/C34H21ClO/c35-25-16-13-23(14-17-25)28-19-18-26(30-11-6-10-27(34(28)30)22-7-2-1-3-8-22)24-15-20-33-31(21-24)29-9-4-5-12-32(29)36-33/h1-21H. The molecular formula is C34H21ClO. The molecule has 6 aromatic carbocycles. The van der Waals surface area contributed by atoms with Gasteiger partial charge >= 0.3 is 0 Å². The summed E-state index contributed by atoms with van der Waals surface area (Å²) in [4.78, 5) is 0. The number of halogens is 1. The molecule has 1 nitrogen and oxygen atoms in total. The van der Waals surface area contributed by atoms with Crippen molar-refractivity contribution in [1.82, 2.24) is 0 Å². The minimum Gasteiger partial charge on any atom is -0.456 e. The van der Waals surface area contributed by atoms with Gasteiger partial charge in [0, 0.05) is 15.8 Å². The summed E-state index contributed by atoms with van der Waals surface area (Å²) in [6.45, 7) is 0. The van der Waals surface area contributed by atoms with Gasteiger partial charge in [-0.3, -0.25) is 0 Å². The average Bonchev–Trinajstić information content (AvgIpc) is 3.31. The number of fused-ring (bicyclic) bond motifs is 4. The maximum Gasteiger partial charge on any atom is 0.135 e. The molecule has 0 bridgehead atoms. The first-order valence-corrected chi connectivity index (χ1v) is 12.4. The van der Waals surface area contributed by atoms with E-state index >= 15 is 0 Å². The molecule has 0 N–H and O–H groups in total. The zero-order chi connectivity index (χ0) is 24.1. The Hall–Kier alpha value is -4.33. The van der Waals surface area contributed by atoms with Crippen molar-refractivity contribution in [2.24, 2.45) is 0 Å². The van der Waals surface area contributed by atoms with Crippen LogP contribution in [-0.4, -0.2) is 0 Å². The van der Waals surface area contributed by atoms with Crippen LogP contribution in [0.15, 0.2) is 132 Å². The van der Waals surface area contributed by atoms with Crippen LogP contribution in [-0.2, 0) is 0 Å². The molecule has 0 aliphatic rings. The summed E-state index contributed by atoms with van der Waals surface area (Å²) in [7, 11) is 0. The van der Waals surface area contributed by atoms with Crippen LogP contribution in [0.3, 0.4) is 0 Å². The maximum absolute atomic E-state index is 6.22. The first-order valence-electron chi connectivity index (χ1n) is 12.0. The molecular weight excluding hydrogens is 460 g/mol. The van der Waals surface area contributed by atoms with E-state index in [1.165, 1.54) is 38.6 Å². The molecule has 0 aliphatic carbocycles. The molecule has 0 aliphatic heterocycles. The van der Waals surface area contributed by atoms with Gasteiger partial charge < -0.3 is 4.42 Å². The fraction of sp³-hybridized carbons (Fsp3) is 0. The highest BCUT2D eigenvalue weighted by atomic mass is 35.5. The molecule has 0 radical (unpaired) electrons. The quantitative estimate of drug-likeness (QED) is 0.245. The van der Waals surface area contributed by atoms with Crippen LogP contribution in [0.25, 0.3) is 66.1 Å². The summed E-state index contributed by atoms with van der Waals surface area (Å²) < 4.78 is 6.08. The zero-order valence-electron chi connectivity index (χ0n) is 19.4. The van der Waals surface area contributed by atoms with Crippen molar-refractivity contribution in [3.05, 3.63) is 132 Å². The predicted octanol–water partition coefficient (Wildman–Crippen LogP) is 10.4. The number of benzene rings is 6. The van der Waals surface area contributed by atoms with E-state index in [1.54, 1.807) is 0 Å². The van der Waals surface area contributed by atoms with Crippen LogP contribution in [0.5, 0.6) is 0 Å². The average molecular weight is 481 g/mol. The third-order valence-corrected chi connectivity index (χ3v) is 7.22. The Morgan fingerprint density at radius 1 is 0.417 bits per heavy atom. The van der Waals surface area contributed by atoms with Crippen molar-refractivity contribution in [3.63, 3.8) is 0 Å². The molecule has 2 heteroatoms. The van der Waals surface area contributed by atoms with Gasteiger partial charge in [0.15, 0.2) is 0 Å². The third kappa shape index (κ3) is 3.40. The molecule has 170 valence electrons. The molecule has 7 aromatic rings. The minimum absolute atomic E-state index is 0.739. The summed E-state index contributed by atoms with van der Waals surface area (Å²) >= 11 is 6.22. The predicted molar refractivity (Wildman–Crippen MR) is 153 cm³/mol. The van der Waals surface area contributed by atoms with E-state index in [0.717, 1.165) is 32.5 Å². The van der Waals surface area contributed by atoms with Crippen LogP contribution in [0, 0.1) is 0 Å². The SMILES string of the molecule is Clc1ccc(-c2ccc(-c3ccc4oc5ccccc5c4c3)c3cccc(-c4ccccc4)c23)cc1. The lowest BCUT2D eigenvalue weighted by atomic mass is 9.87. The molecule has 0 saturated heterocycles. The van der Waals surface area contributed by atoms with Crippen molar-refractivity contribution in [2.45, 2.75) is 0 Å². The number of hydrogen-bond acceptors (Lipinski definition) is 1. The van der Waals surface area contributed by atoms with Gasteiger partial charge in [-0.15, -0.1) is 0 Å². The molecule has 0 atom stereocenters. The summed E-state index contributed by atoms with van der Waals surface area (Å²) in [5.41, 5.74) is 8.96. The van der Waals surface area contributed by atoms with Crippen molar-refractivity contribution in [2.75, 3.05) is 0 Å². The van der Waals surface area contributed by atoms with Crippen molar-refractivity contribution in [3.8, 4) is 33.4 Å². The van der Waals surface area contributed by atoms with E-state index in [9.17, 15) is 0 Å². The number of para-hydroxylation sites is 1. The van der Waals surface area contributed by atoms with Gasteiger partial charge in [0.25, 0.3) is 0 Å². The van der Waals surface area contributed by atoms with Crippen LogP contribution in [0.4, 0.5) is 0 Å². The topological polar surface area (TPSA) is 13.1 Å². The van der Waals surface area contributed by atoms with Crippen molar-refractivity contribution >= 4 is 44.3 Å². The number of furan rings is 1. The molecule has 1 aromatic heterocycles. The van der Waals surface area contributed by atoms with Gasteiger partial charge in [-0.1, -0.05) is 109 Å². The molecule has 0 fully saturated rings. The molecule has 7 rings (SSSR count). The molecule has 0 amide bonds. The molecule has 0 unspecified atom stereocenters. The lowest BCUT2D eigenvalue weighted by Gasteiger charge is -2.16. The van der Waals surface area contributed by atoms with E-state index in [2.05, 4.69) is 103 Å². The highest BCUT2D eigenvalue weighted by Crippen LogP contribution is 2.42. The Bertz CT molecular complexity index is 1880. The van der Waals surface area contributed by atoms with Crippen molar-refractivity contribution < 1.29 is 4.42 Å². The largest absolute Gasteiger partial charge is 0.456 e. The summed E-state index contributed by atoms with van der Waals surface area (Å²) in [5.74, 6) is 0. The Kier molecular flexibility index (Phi) is 4.90. The fourth-order valence-corrected chi connectivity index (χ4v) is 5.41. The Morgan fingerprint density at radius 3 is 1.92 bits per heavy atom. The summed E-state index contributed by atoms with van der Waals surface area (Å²) in [6.07, 6.45) is 0. The van der Waals surface area contributed by atoms with E-state index in [1.807, 2.05) is 24.3 Å². The van der Waals surface area contributed by atoms with Crippen LogP contribution >= 0.6 is 11.6 Å². The van der Waals surface area contributed by atoms with E-state index in [-0.39, 0.29) is 0 Å². The smallest absolute Gasteiger partial charge is 0.135 e. The van der Waals surface area contributed by atoms with Gasteiger partial charge in [0.05, 0.1) is 0 Å². The first kappa shape index (κ1) is 21.0. The molecule has 0 spiro atoms. The van der Waals surface area contributed by atoms with Crippen molar-refractivity contribution in [1.29, 1.82) is 0 Å². The normalized spacial score (nSPS) is 11.5. The van der Waals surface area contributed by atoms with Crippen LogP contribution < -0.4 is 0 Å². The molecule has 1 heterocycles. The van der Waals surface area contributed by atoms with E-state index < -0.39 is 0 Å². The van der Waals surface area contributed by atoms with Crippen LogP contribution in [0.1, 0.15) is 0 Å². The van der Waals surface area contributed by atoms with Gasteiger partial charge in [-0.05, 0) is 74.5 Å². The Labute approximate surface area is 214 Å². The second kappa shape index (κ2) is 8.41. The second-order valence-electron chi connectivity index (χ2n) is 9.07. The molecule has 36 heavy (non-hydrogen) atoms. The monoisotopic (exact) mass is 480 g/mol. The number of rotatable bonds is 3. The van der Waals surface area contributed by atoms with E-state index in [4.69, 9.17) is 16.0 Å². The molecule has 0 saturated carbocycles. The van der Waals surface area contributed by atoms with E-state index in [0.29, 0.717) is 0 Å². The lowest BCUT2D eigenvalue weighted by Crippen LogP contribution is -1.90. The van der Waals surface area contributed by atoms with Gasteiger partial charge in [-0.25, -0.2) is 0 Å². The summed E-state index contributed by atoms with van der Waals surface area (Å²) in [6, 6.07) is 44.5. The van der Waals surface area contributed by atoms with Gasteiger partial charge in [0.2, 0.25) is 0 Å². The van der Waals surface area contributed by atoms with Crippen LogP contribution in [0.2, 0.25) is 5.02 Å². The fourth-order valence-electron chi connectivity index (χ4n) is 5.28. The lowest BCUT2D eigenvalue weighted by molar-refractivity contribution is 0.669. The second-order valence-corrected chi connectivity index (χ2v) is 9.51. The first-order chi connectivity index (χ1) is 17.8. The summed E-state index contributed by atoms with van der Waals surface area (Å²) in [5, 5.41) is 5.47.